The van der Waals surface area contributed by atoms with Crippen LogP contribution in [-0.4, -0.2) is 22.2 Å². The van der Waals surface area contributed by atoms with Crippen molar-refractivity contribution in [3.05, 3.63) is 182 Å². The molecule has 0 aliphatic carbocycles. The molecule has 1 atom stereocenters. The molecule has 0 N–H and O–H groups in total. The lowest BCUT2D eigenvalue weighted by atomic mass is 10.1. The van der Waals surface area contributed by atoms with Crippen LogP contribution in [0.25, 0.3) is 77.1 Å². The lowest BCUT2D eigenvalue weighted by Gasteiger charge is -2.30. The van der Waals surface area contributed by atoms with E-state index < -0.39 is 8.07 Å². The van der Waals surface area contributed by atoms with Gasteiger partial charge in [0.1, 0.15) is 19.2 Å². The third-order valence-electron chi connectivity index (χ3n) is 11.3. The Bertz CT molecular complexity index is 3190. The lowest BCUT2D eigenvalue weighted by Crippen LogP contribution is -2.64. The van der Waals surface area contributed by atoms with Crippen LogP contribution in [0.3, 0.4) is 0 Å². The maximum absolute atomic E-state index is 6.14. The van der Waals surface area contributed by atoms with Crippen molar-refractivity contribution in [3.8, 4) is 11.4 Å². The monoisotopic (exact) mass is 695 g/mol. The molecule has 53 heavy (non-hydrogen) atoms. The van der Waals surface area contributed by atoms with Crippen molar-refractivity contribution in [2.75, 3.05) is 0 Å². The number of benzene rings is 7. The van der Waals surface area contributed by atoms with E-state index >= 15 is 0 Å². The molecular formula is C48H33N3OSi. The zero-order chi connectivity index (χ0) is 35.1. The molecule has 4 heterocycles. The number of para-hydroxylation sites is 3. The Morgan fingerprint density at radius 2 is 0.981 bits per heavy atom. The molecule has 5 heteroatoms. The van der Waals surface area contributed by atoms with Crippen molar-refractivity contribution in [2.24, 2.45) is 0 Å². The van der Waals surface area contributed by atoms with E-state index in [1.165, 1.54) is 64.9 Å². The number of furan rings is 1. The molecular weight excluding hydrogens is 663 g/mol. The van der Waals surface area contributed by atoms with Crippen molar-refractivity contribution in [3.63, 3.8) is 0 Å². The summed E-state index contributed by atoms with van der Waals surface area (Å²) in [4.78, 5) is 4.67. The molecule has 0 fully saturated rings. The highest BCUT2D eigenvalue weighted by Crippen LogP contribution is 2.36. The van der Waals surface area contributed by atoms with Gasteiger partial charge in [0.15, 0.2) is 5.58 Å². The van der Waals surface area contributed by atoms with E-state index in [2.05, 4.69) is 184 Å². The first-order valence-electron chi connectivity index (χ1n) is 18.1. The largest absolute Gasteiger partial charge is 0.454 e. The van der Waals surface area contributed by atoms with Crippen LogP contribution in [0.2, 0.25) is 6.55 Å². The van der Waals surface area contributed by atoms with Crippen LogP contribution in [0.5, 0.6) is 0 Å². The van der Waals surface area contributed by atoms with E-state index in [9.17, 15) is 0 Å². The van der Waals surface area contributed by atoms with E-state index in [1.54, 1.807) is 0 Å². The molecule has 0 bridgehead atoms. The van der Waals surface area contributed by atoms with Crippen molar-refractivity contribution in [2.45, 2.75) is 6.55 Å². The molecule has 0 radical (unpaired) electrons. The summed E-state index contributed by atoms with van der Waals surface area (Å²) in [5.41, 5.74) is 9.61. The van der Waals surface area contributed by atoms with Crippen LogP contribution < -0.4 is 15.6 Å². The fraction of sp³-hybridized carbons (Fsp3) is 0.0208. The van der Waals surface area contributed by atoms with Crippen LogP contribution in [0.4, 0.5) is 0 Å². The smallest absolute Gasteiger partial charge is 0.153 e. The van der Waals surface area contributed by atoms with Gasteiger partial charge in [-0.25, -0.2) is 0 Å². The highest BCUT2D eigenvalue weighted by Gasteiger charge is 2.35. The SMILES string of the molecule is C[Si](c1ccccc1)(c1ccc2c(c1)c1ccccc1n2-c1ccccc1)c1ccc2c(c1)c1ccccc1n2-c1ccc2oc3cccnc3c2c1. The maximum Gasteiger partial charge on any atom is 0.153 e. The number of nitrogens with zero attached hydrogens (tertiary/aromatic N) is 3. The molecule has 0 saturated carbocycles. The molecule has 1 unspecified atom stereocenters. The number of fused-ring (bicyclic) bond motifs is 9. The number of pyridine rings is 1. The molecule has 7 aromatic carbocycles. The zero-order valence-corrected chi connectivity index (χ0v) is 30.1. The minimum atomic E-state index is -2.52. The predicted octanol–water partition coefficient (Wildman–Crippen LogP) is 10.3. The Morgan fingerprint density at radius 1 is 0.415 bits per heavy atom. The van der Waals surface area contributed by atoms with E-state index in [0.29, 0.717) is 0 Å². The van der Waals surface area contributed by atoms with Crippen LogP contribution >= 0.6 is 0 Å². The Kier molecular flexibility index (Phi) is 6.45. The molecule has 11 aromatic rings. The summed E-state index contributed by atoms with van der Waals surface area (Å²) < 4.78 is 10.9. The van der Waals surface area contributed by atoms with Crippen molar-refractivity contribution in [1.29, 1.82) is 0 Å². The summed E-state index contributed by atoms with van der Waals surface area (Å²) in [5.74, 6) is 0. The molecule has 4 aromatic heterocycles. The van der Waals surface area contributed by atoms with Gasteiger partial charge in [-0.3, -0.25) is 4.98 Å². The van der Waals surface area contributed by atoms with Crippen molar-refractivity contribution >= 4 is 89.3 Å². The number of hydrogen-bond acceptors (Lipinski definition) is 2. The molecule has 250 valence electrons. The van der Waals surface area contributed by atoms with Crippen molar-refractivity contribution in [1.82, 2.24) is 14.1 Å². The second kappa shape index (κ2) is 11.4. The highest BCUT2D eigenvalue weighted by molar-refractivity contribution is 7.10. The predicted molar refractivity (Wildman–Crippen MR) is 224 cm³/mol. The number of aromatic nitrogens is 3. The maximum atomic E-state index is 6.14. The fourth-order valence-electron chi connectivity index (χ4n) is 8.70. The summed E-state index contributed by atoms with van der Waals surface area (Å²) in [6.45, 7) is 2.52. The average Bonchev–Trinajstić information content (AvgIpc) is 3.88. The van der Waals surface area contributed by atoms with E-state index in [1.807, 2.05) is 18.3 Å². The fourth-order valence-corrected chi connectivity index (χ4v) is 12.3. The molecule has 0 amide bonds. The standard InChI is InChI=1S/C48H33N3OSi/c1-53(34-15-6-3-7-16-34,35-23-25-44-39(30-35)37-17-8-10-19-42(37)50(44)32-13-4-2-5-14-32)36-24-26-45-40(31-36)38-18-9-11-20-43(38)51(45)33-22-27-46-41(29-33)48-47(52-46)21-12-28-49-48/h2-31H,1H3. The van der Waals surface area contributed by atoms with Gasteiger partial charge in [-0.05, 0) is 82.3 Å². The molecule has 4 nitrogen and oxygen atoms in total. The van der Waals surface area contributed by atoms with Gasteiger partial charge < -0.3 is 13.6 Å². The lowest BCUT2D eigenvalue weighted by molar-refractivity contribution is 0.668. The second-order valence-electron chi connectivity index (χ2n) is 14.1. The molecule has 0 aliphatic heterocycles. The second-order valence-corrected chi connectivity index (χ2v) is 18.1. The van der Waals surface area contributed by atoms with Crippen LogP contribution in [0.1, 0.15) is 0 Å². The molecule has 11 rings (SSSR count). The summed E-state index contributed by atoms with van der Waals surface area (Å²) >= 11 is 0. The normalized spacial score (nSPS) is 13.2. The van der Waals surface area contributed by atoms with Gasteiger partial charge in [0.25, 0.3) is 0 Å². The quantitative estimate of drug-likeness (QED) is 0.133. The first kappa shape index (κ1) is 30.0. The van der Waals surface area contributed by atoms with Gasteiger partial charge in [0.2, 0.25) is 0 Å². The third-order valence-corrected chi connectivity index (χ3v) is 15.8. The van der Waals surface area contributed by atoms with Gasteiger partial charge >= 0.3 is 0 Å². The van der Waals surface area contributed by atoms with Gasteiger partial charge in [-0.15, -0.1) is 0 Å². The molecule has 0 saturated heterocycles. The summed E-state index contributed by atoms with van der Waals surface area (Å²) in [5, 5.41) is 10.2. The topological polar surface area (TPSA) is 35.9 Å². The van der Waals surface area contributed by atoms with Crippen LogP contribution in [-0.2, 0) is 0 Å². The molecule has 0 spiro atoms. The van der Waals surface area contributed by atoms with Crippen LogP contribution in [0.15, 0.2) is 187 Å². The van der Waals surface area contributed by atoms with E-state index in [0.717, 1.165) is 27.8 Å². The summed E-state index contributed by atoms with van der Waals surface area (Å²) in [6, 6.07) is 64.3. The van der Waals surface area contributed by atoms with Crippen molar-refractivity contribution < 1.29 is 4.42 Å². The Labute approximate surface area is 306 Å². The summed E-state index contributed by atoms with van der Waals surface area (Å²) in [6.07, 6.45) is 1.83. The van der Waals surface area contributed by atoms with Gasteiger partial charge in [-0.1, -0.05) is 116 Å². The Morgan fingerprint density at radius 3 is 1.64 bits per heavy atom. The third kappa shape index (κ3) is 4.38. The minimum absolute atomic E-state index is 0.805. The minimum Gasteiger partial charge on any atom is -0.454 e. The Hall–Kier alpha value is -6.69. The van der Waals surface area contributed by atoms with E-state index in [-0.39, 0.29) is 0 Å². The molecule has 0 aliphatic rings. The first-order valence-corrected chi connectivity index (χ1v) is 20.6. The highest BCUT2D eigenvalue weighted by atomic mass is 28.3. The van der Waals surface area contributed by atoms with Gasteiger partial charge in [0.05, 0.1) is 22.1 Å². The summed E-state index contributed by atoms with van der Waals surface area (Å²) in [7, 11) is -2.52. The van der Waals surface area contributed by atoms with Gasteiger partial charge in [-0.2, -0.15) is 0 Å². The van der Waals surface area contributed by atoms with Crippen LogP contribution in [0, 0.1) is 0 Å². The zero-order valence-electron chi connectivity index (χ0n) is 29.1. The van der Waals surface area contributed by atoms with E-state index in [4.69, 9.17) is 4.42 Å². The van der Waals surface area contributed by atoms with Gasteiger partial charge in [0, 0.05) is 44.5 Å². The Balaban J connectivity index is 1.15. The average molecular weight is 696 g/mol. The number of hydrogen-bond donors (Lipinski definition) is 0. The number of rotatable bonds is 5. The first-order chi connectivity index (χ1) is 26.2.